The molecule has 0 atom stereocenters. The molecule has 6 heteroatoms. The Morgan fingerprint density at radius 2 is 1.85 bits per heavy atom. The van der Waals surface area contributed by atoms with Crippen molar-refractivity contribution in [3.05, 3.63) is 59.9 Å². The van der Waals surface area contributed by atoms with E-state index in [-0.39, 0.29) is 5.91 Å². The average molecular weight is 354 g/mol. The Morgan fingerprint density at radius 1 is 1.08 bits per heavy atom. The maximum atomic E-state index is 12.2. The van der Waals surface area contributed by atoms with Gasteiger partial charge in [0.15, 0.2) is 0 Å². The topological polar surface area (TPSA) is 66.5 Å². The van der Waals surface area contributed by atoms with Crippen molar-refractivity contribution >= 4 is 11.6 Å². The second-order valence-electron chi connectivity index (χ2n) is 6.41. The lowest BCUT2D eigenvalue weighted by Crippen LogP contribution is -2.38. The number of nitrogens with zero attached hydrogens (tertiary/aromatic N) is 2. The van der Waals surface area contributed by atoms with Gasteiger partial charge in [-0.15, -0.1) is 0 Å². The number of morpholine rings is 1. The summed E-state index contributed by atoms with van der Waals surface area (Å²) in [4.78, 5) is 18.5. The number of amides is 1. The van der Waals surface area contributed by atoms with E-state index in [9.17, 15) is 4.79 Å². The average Bonchev–Trinajstić information content (AvgIpc) is 2.68. The minimum Gasteiger partial charge on any atom is -0.379 e. The number of rotatable bonds is 8. The molecule has 0 aliphatic carbocycles. The molecule has 1 aromatic carbocycles. The van der Waals surface area contributed by atoms with Gasteiger partial charge in [0.25, 0.3) is 0 Å². The lowest BCUT2D eigenvalue weighted by molar-refractivity contribution is -0.116. The van der Waals surface area contributed by atoms with Crippen LogP contribution in [0.3, 0.4) is 0 Å². The maximum absolute atomic E-state index is 12.2. The van der Waals surface area contributed by atoms with E-state index in [1.807, 2.05) is 30.3 Å². The summed E-state index contributed by atoms with van der Waals surface area (Å²) < 4.78 is 5.32. The van der Waals surface area contributed by atoms with Crippen LogP contribution in [0.25, 0.3) is 0 Å². The van der Waals surface area contributed by atoms with Crippen LogP contribution in [0.15, 0.2) is 48.8 Å². The van der Waals surface area contributed by atoms with Gasteiger partial charge in [-0.05, 0) is 35.4 Å². The number of nitrogens with one attached hydrogen (secondary N) is 2. The van der Waals surface area contributed by atoms with E-state index in [0.29, 0.717) is 6.42 Å². The lowest BCUT2D eigenvalue weighted by Gasteiger charge is -2.26. The van der Waals surface area contributed by atoms with Crippen LogP contribution in [-0.2, 0) is 22.6 Å². The molecule has 1 aromatic heterocycles. The monoisotopic (exact) mass is 354 g/mol. The van der Waals surface area contributed by atoms with Crippen LogP contribution in [0.2, 0.25) is 0 Å². The molecule has 1 amide bonds. The number of hydrogen-bond acceptors (Lipinski definition) is 5. The number of pyridine rings is 1. The molecule has 0 bridgehead atoms. The second kappa shape index (κ2) is 10.0. The summed E-state index contributed by atoms with van der Waals surface area (Å²) in [6, 6.07) is 12.0. The fraction of sp³-hybridized carbons (Fsp3) is 0.400. The first kappa shape index (κ1) is 18.5. The number of aromatic nitrogens is 1. The third-order valence-corrected chi connectivity index (χ3v) is 4.38. The van der Waals surface area contributed by atoms with Gasteiger partial charge in [0.05, 0.1) is 13.2 Å². The molecule has 6 nitrogen and oxygen atoms in total. The molecule has 2 aromatic rings. The first-order valence-electron chi connectivity index (χ1n) is 9.08. The predicted octanol–water partition coefficient (Wildman–Crippen LogP) is 2.03. The molecule has 0 unspecified atom stereocenters. The zero-order chi connectivity index (χ0) is 18.0. The molecule has 1 fully saturated rings. The van der Waals surface area contributed by atoms with E-state index in [0.717, 1.165) is 57.2 Å². The summed E-state index contributed by atoms with van der Waals surface area (Å²) >= 11 is 0. The van der Waals surface area contributed by atoms with Crippen molar-refractivity contribution in [3.63, 3.8) is 0 Å². The van der Waals surface area contributed by atoms with Crippen LogP contribution in [0.5, 0.6) is 0 Å². The zero-order valence-electron chi connectivity index (χ0n) is 15.0. The Morgan fingerprint density at radius 3 is 2.65 bits per heavy atom. The Bertz CT molecular complexity index is 687. The number of anilines is 1. The van der Waals surface area contributed by atoms with Gasteiger partial charge in [0.1, 0.15) is 0 Å². The van der Waals surface area contributed by atoms with Crippen molar-refractivity contribution in [1.82, 2.24) is 15.2 Å². The van der Waals surface area contributed by atoms with Crippen LogP contribution in [0.1, 0.15) is 17.5 Å². The SMILES string of the molecule is O=C(CCN1CCOCC1)Nc1cccc(CNCc2ccncc2)c1. The van der Waals surface area contributed by atoms with E-state index in [2.05, 4.69) is 26.6 Å². The van der Waals surface area contributed by atoms with Crippen LogP contribution in [0.4, 0.5) is 5.69 Å². The van der Waals surface area contributed by atoms with Gasteiger partial charge >= 0.3 is 0 Å². The Kier molecular flexibility index (Phi) is 7.13. The molecule has 3 rings (SSSR count). The number of ether oxygens (including phenoxy) is 1. The molecule has 0 radical (unpaired) electrons. The summed E-state index contributed by atoms with van der Waals surface area (Å²) in [6.07, 6.45) is 4.10. The summed E-state index contributed by atoms with van der Waals surface area (Å²) in [6.45, 7) is 5.66. The van der Waals surface area contributed by atoms with Crippen LogP contribution in [0, 0.1) is 0 Å². The number of carbonyl (C=O) groups is 1. The quantitative estimate of drug-likeness (QED) is 0.759. The number of carbonyl (C=O) groups excluding carboxylic acids is 1. The zero-order valence-corrected chi connectivity index (χ0v) is 15.0. The minimum atomic E-state index is 0.0541. The highest BCUT2D eigenvalue weighted by Crippen LogP contribution is 2.11. The van der Waals surface area contributed by atoms with Crippen LogP contribution >= 0.6 is 0 Å². The van der Waals surface area contributed by atoms with E-state index in [1.165, 1.54) is 5.56 Å². The third kappa shape index (κ3) is 6.22. The molecule has 0 spiro atoms. The molecular formula is C20H26N4O2. The van der Waals surface area contributed by atoms with Crippen molar-refractivity contribution < 1.29 is 9.53 Å². The molecule has 2 N–H and O–H groups in total. The van der Waals surface area contributed by atoms with E-state index in [1.54, 1.807) is 12.4 Å². The first-order chi connectivity index (χ1) is 12.8. The van der Waals surface area contributed by atoms with Gasteiger partial charge in [0.2, 0.25) is 5.91 Å². The van der Waals surface area contributed by atoms with Gasteiger partial charge in [-0.1, -0.05) is 12.1 Å². The van der Waals surface area contributed by atoms with Gasteiger partial charge in [0, 0.05) is 57.2 Å². The molecule has 1 saturated heterocycles. The molecule has 138 valence electrons. The lowest BCUT2D eigenvalue weighted by atomic mass is 10.2. The van der Waals surface area contributed by atoms with Crippen molar-refractivity contribution in [3.8, 4) is 0 Å². The molecule has 1 aliphatic rings. The van der Waals surface area contributed by atoms with Crippen LogP contribution < -0.4 is 10.6 Å². The predicted molar refractivity (Wildman–Crippen MR) is 102 cm³/mol. The Hall–Kier alpha value is -2.28. The van der Waals surface area contributed by atoms with Crippen LogP contribution in [-0.4, -0.2) is 48.6 Å². The highest BCUT2D eigenvalue weighted by atomic mass is 16.5. The van der Waals surface area contributed by atoms with E-state index >= 15 is 0 Å². The molecule has 0 saturated carbocycles. The van der Waals surface area contributed by atoms with Gasteiger partial charge < -0.3 is 15.4 Å². The van der Waals surface area contributed by atoms with Gasteiger partial charge in [-0.3, -0.25) is 14.7 Å². The molecule has 26 heavy (non-hydrogen) atoms. The Balaban J connectivity index is 1.42. The van der Waals surface area contributed by atoms with Gasteiger partial charge in [-0.2, -0.15) is 0 Å². The van der Waals surface area contributed by atoms with Crippen molar-refractivity contribution in [1.29, 1.82) is 0 Å². The summed E-state index contributed by atoms with van der Waals surface area (Å²) in [7, 11) is 0. The van der Waals surface area contributed by atoms with Crippen molar-refractivity contribution in [2.75, 3.05) is 38.2 Å². The summed E-state index contributed by atoms with van der Waals surface area (Å²) in [5.74, 6) is 0.0541. The number of hydrogen-bond donors (Lipinski definition) is 2. The molecular weight excluding hydrogens is 328 g/mol. The third-order valence-electron chi connectivity index (χ3n) is 4.38. The smallest absolute Gasteiger partial charge is 0.225 e. The Labute approximate surface area is 154 Å². The van der Waals surface area contributed by atoms with E-state index in [4.69, 9.17) is 4.74 Å². The van der Waals surface area contributed by atoms with Crippen molar-refractivity contribution in [2.45, 2.75) is 19.5 Å². The minimum absolute atomic E-state index is 0.0541. The highest BCUT2D eigenvalue weighted by molar-refractivity contribution is 5.90. The highest BCUT2D eigenvalue weighted by Gasteiger charge is 2.12. The fourth-order valence-corrected chi connectivity index (χ4v) is 2.92. The maximum Gasteiger partial charge on any atom is 0.225 e. The normalized spacial score (nSPS) is 14.9. The number of benzene rings is 1. The first-order valence-corrected chi connectivity index (χ1v) is 9.08. The second-order valence-corrected chi connectivity index (χ2v) is 6.41. The van der Waals surface area contributed by atoms with Gasteiger partial charge in [-0.25, -0.2) is 0 Å². The summed E-state index contributed by atoms with van der Waals surface area (Å²) in [5, 5.41) is 6.40. The largest absolute Gasteiger partial charge is 0.379 e. The fourth-order valence-electron chi connectivity index (χ4n) is 2.92. The molecule has 1 aliphatic heterocycles. The van der Waals surface area contributed by atoms with E-state index < -0.39 is 0 Å². The standard InChI is InChI=1S/C20H26N4O2/c25-20(6-9-24-10-12-26-13-11-24)23-19-3-1-2-18(14-19)16-22-15-17-4-7-21-8-5-17/h1-5,7-8,14,22H,6,9-13,15-16H2,(H,23,25). The van der Waals surface area contributed by atoms with Crippen molar-refractivity contribution in [2.24, 2.45) is 0 Å². The summed E-state index contributed by atoms with van der Waals surface area (Å²) in [5.41, 5.74) is 3.19. The molecule has 2 heterocycles.